The molecule has 0 amide bonds. The normalized spacial score (nSPS) is 26.5. The standard InChI is InChI=1S/C17H25NO/c1-2-3-12-18(14-9-10-14)16-11-8-13-6-4-5-7-15(13)17(16)19/h4-7,14,16-17,19H,2-3,8-12H2,1H3. The molecule has 1 aromatic rings. The first-order valence-corrected chi connectivity index (χ1v) is 7.83. The van der Waals surface area contributed by atoms with Gasteiger partial charge in [0, 0.05) is 12.1 Å². The van der Waals surface area contributed by atoms with E-state index in [1.807, 2.05) is 0 Å². The summed E-state index contributed by atoms with van der Waals surface area (Å²) in [4.78, 5) is 2.60. The summed E-state index contributed by atoms with van der Waals surface area (Å²) in [6.45, 7) is 3.41. The van der Waals surface area contributed by atoms with Crippen LogP contribution in [0.1, 0.15) is 56.3 Å². The molecule has 2 nitrogen and oxygen atoms in total. The second-order valence-electron chi connectivity index (χ2n) is 6.07. The van der Waals surface area contributed by atoms with E-state index in [-0.39, 0.29) is 6.10 Å². The molecule has 0 heterocycles. The first kappa shape index (κ1) is 13.1. The fraction of sp³-hybridized carbons (Fsp3) is 0.647. The van der Waals surface area contributed by atoms with Gasteiger partial charge in [-0.1, -0.05) is 37.6 Å². The van der Waals surface area contributed by atoms with Crippen molar-refractivity contribution in [3.63, 3.8) is 0 Å². The molecule has 104 valence electrons. The number of aliphatic hydroxyl groups is 1. The molecule has 2 aliphatic rings. The second-order valence-corrected chi connectivity index (χ2v) is 6.07. The van der Waals surface area contributed by atoms with E-state index in [0.29, 0.717) is 6.04 Å². The highest BCUT2D eigenvalue weighted by Gasteiger charge is 2.39. The SMILES string of the molecule is CCCCN(C1CC1)C1CCc2ccccc2C1O. The van der Waals surface area contributed by atoms with Crippen LogP contribution >= 0.6 is 0 Å². The van der Waals surface area contributed by atoms with Crippen LogP contribution in [0.25, 0.3) is 0 Å². The molecule has 0 radical (unpaired) electrons. The molecule has 0 bridgehead atoms. The topological polar surface area (TPSA) is 23.5 Å². The number of fused-ring (bicyclic) bond motifs is 1. The van der Waals surface area contributed by atoms with E-state index in [2.05, 4.69) is 36.1 Å². The van der Waals surface area contributed by atoms with Gasteiger partial charge < -0.3 is 5.11 Å². The van der Waals surface area contributed by atoms with E-state index in [0.717, 1.165) is 25.4 Å². The number of nitrogens with zero attached hydrogens (tertiary/aromatic N) is 1. The van der Waals surface area contributed by atoms with Crippen molar-refractivity contribution in [2.24, 2.45) is 0 Å². The van der Waals surface area contributed by atoms with Crippen LogP contribution in [0.3, 0.4) is 0 Å². The lowest BCUT2D eigenvalue weighted by atomic mass is 9.85. The van der Waals surface area contributed by atoms with Gasteiger partial charge >= 0.3 is 0 Å². The van der Waals surface area contributed by atoms with E-state index in [9.17, 15) is 5.11 Å². The molecule has 0 saturated heterocycles. The van der Waals surface area contributed by atoms with Crippen molar-refractivity contribution in [2.75, 3.05) is 6.54 Å². The second kappa shape index (κ2) is 5.64. The maximum Gasteiger partial charge on any atom is 0.0948 e. The minimum absolute atomic E-state index is 0.289. The molecule has 1 saturated carbocycles. The van der Waals surface area contributed by atoms with Gasteiger partial charge in [-0.3, -0.25) is 4.90 Å². The monoisotopic (exact) mass is 259 g/mol. The Labute approximate surface area is 116 Å². The third kappa shape index (κ3) is 2.70. The molecule has 2 unspecified atom stereocenters. The molecule has 2 aliphatic carbocycles. The van der Waals surface area contributed by atoms with Crippen LogP contribution in [-0.2, 0) is 6.42 Å². The first-order chi connectivity index (χ1) is 9.31. The molecule has 0 aromatic heterocycles. The molecule has 3 rings (SSSR count). The Balaban J connectivity index is 1.77. The Morgan fingerprint density at radius 1 is 1.21 bits per heavy atom. The molecule has 1 fully saturated rings. The Morgan fingerprint density at radius 3 is 2.74 bits per heavy atom. The molecule has 0 spiro atoms. The summed E-state index contributed by atoms with van der Waals surface area (Å²) in [7, 11) is 0. The van der Waals surface area contributed by atoms with Gasteiger partial charge in [0.1, 0.15) is 0 Å². The summed E-state index contributed by atoms with van der Waals surface area (Å²) >= 11 is 0. The first-order valence-electron chi connectivity index (χ1n) is 7.83. The minimum atomic E-state index is -0.289. The largest absolute Gasteiger partial charge is 0.387 e. The highest BCUT2D eigenvalue weighted by molar-refractivity contribution is 5.32. The van der Waals surface area contributed by atoms with Crippen LogP contribution in [0.2, 0.25) is 0 Å². The fourth-order valence-corrected chi connectivity index (χ4v) is 3.43. The van der Waals surface area contributed by atoms with Crippen molar-refractivity contribution in [1.82, 2.24) is 4.90 Å². The molecule has 2 heteroatoms. The molecule has 19 heavy (non-hydrogen) atoms. The van der Waals surface area contributed by atoms with E-state index >= 15 is 0 Å². The maximum atomic E-state index is 10.7. The van der Waals surface area contributed by atoms with Gasteiger partial charge in [0.05, 0.1) is 6.10 Å². The quantitative estimate of drug-likeness (QED) is 0.877. The van der Waals surface area contributed by atoms with Crippen molar-refractivity contribution in [1.29, 1.82) is 0 Å². The average Bonchev–Trinajstić information content (AvgIpc) is 3.26. The predicted molar refractivity (Wildman–Crippen MR) is 78.1 cm³/mol. The minimum Gasteiger partial charge on any atom is -0.387 e. The van der Waals surface area contributed by atoms with Crippen LogP contribution in [-0.4, -0.2) is 28.6 Å². The number of hydrogen-bond acceptors (Lipinski definition) is 2. The summed E-state index contributed by atoms with van der Waals surface area (Å²) in [6, 6.07) is 9.50. The number of aryl methyl sites for hydroxylation is 1. The zero-order valence-corrected chi connectivity index (χ0v) is 11.9. The molecule has 0 aliphatic heterocycles. The lowest BCUT2D eigenvalue weighted by Gasteiger charge is -2.39. The Bertz CT molecular complexity index is 427. The van der Waals surface area contributed by atoms with Crippen molar-refractivity contribution in [3.8, 4) is 0 Å². The number of unbranched alkanes of at least 4 members (excludes halogenated alkanes) is 1. The van der Waals surface area contributed by atoms with Gasteiger partial charge in [0.25, 0.3) is 0 Å². The lowest BCUT2D eigenvalue weighted by Crippen LogP contribution is -2.44. The number of rotatable bonds is 5. The van der Waals surface area contributed by atoms with Gasteiger partial charge in [-0.2, -0.15) is 0 Å². The number of benzene rings is 1. The summed E-state index contributed by atoms with van der Waals surface area (Å²) in [5.74, 6) is 0. The van der Waals surface area contributed by atoms with Gasteiger partial charge in [0.15, 0.2) is 0 Å². The smallest absolute Gasteiger partial charge is 0.0948 e. The molecule has 2 atom stereocenters. The predicted octanol–water partition coefficient (Wildman–Crippen LogP) is 3.30. The van der Waals surface area contributed by atoms with Crippen molar-refractivity contribution < 1.29 is 5.11 Å². The zero-order chi connectivity index (χ0) is 13.2. The molecular formula is C17H25NO. The molecule has 1 aromatic carbocycles. The molecular weight excluding hydrogens is 234 g/mol. The maximum absolute atomic E-state index is 10.7. The zero-order valence-electron chi connectivity index (χ0n) is 11.9. The average molecular weight is 259 g/mol. The Kier molecular flexibility index (Phi) is 3.90. The summed E-state index contributed by atoms with van der Waals surface area (Å²) in [5, 5.41) is 10.7. The summed E-state index contributed by atoms with van der Waals surface area (Å²) < 4.78 is 0. The number of aliphatic hydroxyl groups excluding tert-OH is 1. The van der Waals surface area contributed by atoms with Crippen LogP contribution in [0, 0.1) is 0 Å². The van der Waals surface area contributed by atoms with Crippen LogP contribution in [0.5, 0.6) is 0 Å². The van der Waals surface area contributed by atoms with Crippen LogP contribution < -0.4 is 0 Å². The summed E-state index contributed by atoms with van der Waals surface area (Å²) in [5.41, 5.74) is 2.51. The van der Waals surface area contributed by atoms with Crippen molar-refractivity contribution >= 4 is 0 Å². The van der Waals surface area contributed by atoms with Crippen LogP contribution in [0.15, 0.2) is 24.3 Å². The van der Waals surface area contributed by atoms with Gasteiger partial charge in [-0.15, -0.1) is 0 Å². The van der Waals surface area contributed by atoms with Gasteiger partial charge in [0.2, 0.25) is 0 Å². The number of hydrogen-bond donors (Lipinski definition) is 1. The van der Waals surface area contributed by atoms with E-state index in [1.54, 1.807) is 0 Å². The summed E-state index contributed by atoms with van der Waals surface area (Å²) in [6.07, 6.45) is 7.08. The lowest BCUT2D eigenvalue weighted by molar-refractivity contribution is 0.0303. The Hall–Kier alpha value is -0.860. The van der Waals surface area contributed by atoms with Crippen LogP contribution in [0.4, 0.5) is 0 Å². The van der Waals surface area contributed by atoms with Crippen molar-refractivity contribution in [2.45, 2.75) is 63.6 Å². The highest BCUT2D eigenvalue weighted by Crippen LogP contribution is 2.38. The highest BCUT2D eigenvalue weighted by atomic mass is 16.3. The Morgan fingerprint density at radius 2 is 2.00 bits per heavy atom. The third-order valence-corrected chi connectivity index (χ3v) is 4.66. The van der Waals surface area contributed by atoms with E-state index < -0.39 is 0 Å². The van der Waals surface area contributed by atoms with E-state index in [4.69, 9.17) is 0 Å². The third-order valence-electron chi connectivity index (χ3n) is 4.66. The van der Waals surface area contributed by atoms with E-state index in [1.165, 1.54) is 36.8 Å². The van der Waals surface area contributed by atoms with Gasteiger partial charge in [-0.05, 0) is 49.8 Å². The molecule has 1 N–H and O–H groups in total. The fourth-order valence-electron chi connectivity index (χ4n) is 3.43. The van der Waals surface area contributed by atoms with Crippen molar-refractivity contribution in [3.05, 3.63) is 35.4 Å². The van der Waals surface area contributed by atoms with Gasteiger partial charge in [-0.25, -0.2) is 0 Å².